The second-order valence-corrected chi connectivity index (χ2v) is 17.2. The van der Waals surface area contributed by atoms with E-state index in [1.165, 1.54) is 24.3 Å². The molecule has 0 atom stereocenters. The number of hydrogen-bond acceptors (Lipinski definition) is 11. The molecule has 2 aromatic carbocycles. The first-order valence-electron chi connectivity index (χ1n) is 17.5. The Morgan fingerprint density at radius 1 is 0.907 bits per heavy atom. The molecule has 0 radical (unpaired) electrons. The van der Waals surface area contributed by atoms with Gasteiger partial charge in [-0.2, -0.15) is 13.0 Å². The lowest BCUT2D eigenvalue weighted by Crippen LogP contribution is -2.32. The largest absolute Gasteiger partial charge is 0.744 e. The van der Waals surface area contributed by atoms with Crippen LogP contribution in [0.15, 0.2) is 82.3 Å². The number of amides is 2. The van der Waals surface area contributed by atoms with Gasteiger partial charge in [0, 0.05) is 67.4 Å². The fraction of sp³-hybridized carbons (Fsp3) is 0.421. The summed E-state index contributed by atoms with van der Waals surface area (Å²) < 4.78 is 76.7. The first-order chi connectivity index (χ1) is 25.3. The van der Waals surface area contributed by atoms with Gasteiger partial charge in [-0.1, -0.05) is 38.5 Å². The van der Waals surface area contributed by atoms with Crippen LogP contribution in [0.4, 0.5) is 11.4 Å². The number of carbonyl (C=O) groups excluding carboxylic acids is 3. The molecular formula is C38H45N3O11S2. The third-order valence-electron chi connectivity index (χ3n) is 10.0. The summed E-state index contributed by atoms with van der Waals surface area (Å²) in [7, 11) is -7.50. The summed E-state index contributed by atoms with van der Waals surface area (Å²) in [5.74, 6) is -1.73. The van der Waals surface area contributed by atoms with Gasteiger partial charge < -0.3 is 19.0 Å². The molecule has 2 aromatic rings. The smallest absolute Gasteiger partial charge is 0.333 e. The maximum atomic E-state index is 12.3. The van der Waals surface area contributed by atoms with Crippen LogP contribution in [0.1, 0.15) is 77.3 Å². The zero-order valence-electron chi connectivity index (χ0n) is 30.9. The minimum Gasteiger partial charge on any atom is -0.744 e. The Kier molecular flexibility index (Phi) is 11.8. The molecule has 290 valence electrons. The lowest BCUT2D eigenvalue weighted by atomic mass is 9.81. The van der Waals surface area contributed by atoms with E-state index in [1.807, 2.05) is 58.1 Å². The highest BCUT2D eigenvalue weighted by atomic mass is 32.2. The number of anilines is 1. The fourth-order valence-corrected chi connectivity index (χ4v) is 8.17. The van der Waals surface area contributed by atoms with Gasteiger partial charge in [-0.25, -0.2) is 13.2 Å². The minimum absolute atomic E-state index is 0.0198. The summed E-state index contributed by atoms with van der Waals surface area (Å²) in [6.45, 7) is 9.28. The number of nitrogens with zero attached hydrogens (tertiary/aromatic N) is 3. The number of imide groups is 1. The Labute approximate surface area is 315 Å². The predicted octanol–water partition coefficient (Wildman–Crippen LogP) is 4.82. The van der Waals surface area contributed by atoms with Crippen LogP contribution in [0.3, 0.4) is 0 Å². The summed E-state index contributed by atoms with van der Waals surface area (Å²) in [4.78, 5) is 42.3. The van der Waals surface area contributed by atoms with Crippen molar-refractivity contribution in [2.24, 2.45) is 0 Å². The molecule has 14 nitrogen and oxygen atoms in total. The standard InChI is InChI=1S/C38H45N3O11S2/c1-37(2)28-24-26(53(45,46)47)15-17-30(28)39(21-11-7-10-14-36(44)52-41-34(42)19-20-35(41)43)32(37)12-8-6-9-13-33-38(3,4)29-25-27(54(48,49)50)16-18-31(29)40(33)22-23-51-5/h6,8-9,12-13,15-18,24-25H,7,10-11,14,19-23H2,1-5H3,(H-,45,46,47,48,49,50). The van der Waals surface area contributed by atoms with Crippen LogP contribution in [0.2, 0.25) is 0 Å². The van der Waals surface area contributed by atoms with Gasteiger partial charge in [-0.05, 0) is 68.7 Å². The molecule has 2 amide bonds. The first-order valence-corrected chi connectivity index (χ1v) is 20.4. The highest BCUT2D eigenvalue weighted by Gasteiger charge is 2.45. The summed E-state index contributed by atoms with van der Waals surface area (Å²) in [6, 6.07) is 8.90. The second-order valence-electron chi connectivity index (χ2n) is 14.4. The molecule has 0 aliphatic carbocycles. The summed E-state index contributed by atoms with van der Waals surface area (Å²) in [6.07, 6.45) is 11.2. The Morgan fingerprint density at radius 2 is 1.57 bits per heavy atom. The van der Waals surface area contributed by atoms with Gasteiger partial charge in [0.05, 0.1) is 15.2 Å². The molecule has 0 spiro atoms. The lowest BCUT2D eigenvalue weighted by Gasteiger charge is -2.27. The van der Waals surface area contributed by atoms with E-state index in [0.29, 0.717) is 49.6 Å². The van der Waals surface area contributed by atoms with Crippen molar-refractivity contribution < 1.29 is 54.5 Å². The number of methoxy groups -OCH3 is 1. The van der Waals surface area contributed by atoms with E-state index < -0.39 is 48.8 Å². The molecule has 0 saturated carbocycles. The molecule has 54 heavy (non-hydrogen) atoms. The molecule has 0 bridgehead atoms. The molecule has 16 heteroatoms. The van der Waals surface area contributed by atoms with Crippen molar-refractivity contribution in [1.82, 2.24) is 5.06 Å². The van der Waals surface area contributed by atoms with Gasteiger partial charge in [-0.3, -0.25) is 14.1 Å². The van der Waals surface area contributed by atoms with E-state index in [1.54, 1.807) is 19.2 Å². The van der Waals surface area contributed by atoms with Gasteiger partial charge in [-0.15, -0.1) is 5.06 Å². The average Bonchev–Trinajstić information content (AvgIpc) is 3.60. The number of unbranched alkanes of at least 4 members (excludes halogenated alkanes) is 2. The van der Waals surface area contributed by atoms with Crippen molar-refractivity contribution >= 4 is 55.1 Å². The Morgan fingerprint density at radius 3 is 2.22 bits per heavy atom. The predicted molar refractivity (Wildman–Crippen MR) is 198 cm³/mol. The molecular weight excluding hydrogens is 739 g/mol. The van der Waals surface area contributed by atoms with Crippen molar-refractivity contribution in [3.63, 3.8) is 0 Å². The maximum absolute atomic E-state index is 12.3. The number of ether oxygens (including phenoxy) is 1. The van der Waals surface area contributed by atoms with Crippen LogP contribution in [-0.4, -0.2) is 85.9 Å². The second kappa shape index (κ2) is 15.7. The van der Waals surface area contributed by atoms with Crippen molar-refractivity contribution in [2.75, 3.05) is 31.7 Å². The number of carbonyl (C=O) groups is 3. The molecule has 0 unspecified atom stereocenters. The highest BCUT2D eigenvalue weighted by Crippen LogP contribution is 2.48. The molecule has 3 aliphatic rings. The van der Waals surface area contributed by atoms with Crippen LogP contribution < -0.4 is 4.90 Å². The normalized spacial score (nSPS) is 18.8. The van der Waals surface area contributed by atoms with E-state index in [9.17, 15) is 40.3 Å². The molecule has 1 N–H and O–H groups in total. The van der Waals surface area contributed by atoms with Crippen LogP contribution in [0, 0.1) is 0 Å². The van der Waals surface area contributed by atoms with E-state index >= 15 is 0 Å². The van der Waals surface area contributed by atoms with Gasteiger partial charge in [0.1, 0.15) is 16.7 Å². The van der Waals surface area contributed by atoms with E-state index in [-0.39, 0.29) is 29.1 Å². The zero-order valence-corrected chi connectivity index (χ0v) is 32.5. The number of benzene rings is 2. The van der Waals surface area contributed by atoms with Gasteiger partial charge in [0.15, 0.2) is 12.3 Å². The van der Waals surface area contributed by atoms with Crippen LogP contribution >= 0.6 is 0 Å². The number of hydroxylamine groups is 2. The van der Waals surface area contributed by atoms with Crippen molar-refractivity contribution in [2.45, 2.75) is 86.8 Å². The maximum Gasteiger partial charge on any atom is 0.333 e. The average molecular weight is 784 g/mol. The van der Waals surface area contributed by atoms with Crippen molar-refractivity contribution in [3.05, 3.63) is 83.6 Å². The minimum atomic E-state index is -4.70. The Bertz CT molecular complexity index is 2190. The third-order valence-corrected chi connectivity index (χ3v) is 11.7. The summed E-state index contributed by atoms with van der Waals surface area (Å²) >= 11 is 0. The van der Waals surface area contributed by atoms with Crippen LogP contribution in [-0.2, 0) is 55.0 Å². The topological polar surface area (TPSA) is 191 Å². The lowest BCUT2D eigenvalue weighted by molar-refractivity contribution is -0.441. The molecule has 3 heterocycles. The molecule has 0 aromatic heterocycles. The summed E-state index contributed by atoms with van der Waals surface area (Å²) in [5, 5.41) is 0.535. The number of fused-ring (bicyclic) bond motifs is 2. The van der Waals surface area contributed by atoms with Crippen molar-refractivity contribution in [1.29, 1.82) is 0 Å². The molecule has 1 saturated heterocycles. The molecule has 5 rings (SSSR count). The van der Waals surface area contributed by atoms with E-state index in [4.69, 9.17) is 9.57 Å². The molecule has 3 aliphatic heterocycles. The van der Waals surface area contributed by atoms with Gasteiger partial charge in [0.2, 0.25) is 5.69 Å². The Balaban J connectivity index is 1.36. The zero-order chi connectivity index (χ0) is 39.6. The van der Waals surface area contributed by atoms with Crippen LogP contribution in [0.25, 0.3) is 0 Å². The molecule has 1 fully saturated rings. The van der Waals surface area contributed by atoms with Gasteiger partial charge >= 0.3 is 5.97 Å². The van der Waals surface area contributed by atoms with Gasteiger partial charge in [0.25, 0.3) is 21.9 Å². The van der Waals surface area contributed by atoms with Crippen molar-refractivity contribution in [3.8, 4) is 0 Å². The fourth-order valence-electron chi connectivity index (χ4n) is 7.17. The Hall–Kier alpha value is -4.48. The SMILES string of the molecule is COCC[N+]1=C(/C=C/C=C/C=C2/N(CCCCCC(=O)ON3C(=O)CCC3=O)c3ccc(S(=O)(=O)[O-])cc3C2(C)C)C(C)(C)c2cc(S(=O)(=O)O)ccc21. The number of rotatable bonds is 15. The van der Waals surface area contributed by atoms with E-state index in [2.05, 4.69) is 9.48 Å². The third kappa shape index (κ3) is 8.42. The summed E-state index contributed by atoms with van der Waals surface area (Å²) in [5.41, 5.74) is 3.44. The highest BCUT2D eigenvalue weighted by molar-refractivity contribution is 7.86. The monoisotopic (exact) mass is 783 g/mol. The number of hydrogen-bond donors (Lipinski definition) is 1. The first kappa shape index (κ1) is 40.7. The number of allylic oxidation sites excluding steroid dienone is 6. The van der Waals surface area contributed by atoms with Crippen LogP contribution in [0.5, 0.6) is 0 Å². The quantitative estimate of drug-likeness (QED) is 0.0854. The van der Waals surface area contributed by atoms with E-state index in [0.717, 1.165) is 28.3 Å².